The van der Waals surface area contributed by atoms with Gasteiger partial charge in [0.1, 0.15) is 47.7 Å². The van der Waals surface area contributed by atoms with Crippen LogP contribution >= 0.6 is 0 Å². The van der Waals surface area contributed by atoms with Crippen molar-refractivity contribution in [2.24, 2.45) is 50.9 Å². The molecule has 1 aromatic heterocycles. The summed E-state index contributed by atoms with van der Waals surface area (Å²) in [4.78, 5) is 150. The monoisotopic (exact) mass is 1230 g/mol. The molecule has 1 saturated heterocycles. The number of unbranched alkanes of at least 4 members (excludes halogenated alkanes) is 4. The maximum absolute atomic E-state index is 14.5. The van der Waals surface area contributed by atoms with E-state index in [0.717, 1.165) is 0 Å². The highest BCUT2D eigenvalue weighted by molar-refractivity contribution is 6.40. The third kappa shape index (κ3) is 29.1. The lowest BCUT2D eigenvalue weighted by Crippen LogP contribution is -2.59. The van der Waals surface area contributed by atoms with Crippen LogP contribution in [0.2, 0.25) is 0 Å². The molecule has 0 radical (unpaired) electrons. The Balaban J connectivity index is 2.39. The fourth-order valence-electron chi connectivity index (χ4n) is 8.98. The highest BCUT2D eigenvalue weighted by Gasteiger charge is 2.39. The Labute approximate surface area is 507 Å². The zero-order valence-electron chi connectivity index (χ0n) is 50.1. The van der Waals surface area contributed by atoms with Crippen molar-refractivity contribution in [3.05, 3.63) is 30.0 Å². The van der Waals surface area contributed by atoms with Crippen molar-refractivity contribution in [1.82, 2.24) is 62.7 Å². The number of aliphatic imine (C=N–C) groups is 1. The van der Waals surface area contributed by atoms with Gasteiger partial charge in [-0.25, -0.2) is 9.98 Å². The summed E-state index contributed by atoms with van der Waals surface area (Å²) in [6, 6.07) is -8.75. The van der Waals surface area contributed by atoms with Gasteiger partial charge >= 0.3 is 0 Å². The van der Waals surface area contributed by atoms with E-state index in [4.69, 9.17) is 51.3 Å². The number of imidazole rings is 1. The molecule has 1 aromatic rings. The molecule has 490 valence electrons. The Morgan fingerprint density at radius 3 is 1.89 bits per heavy atom. The van der Waals surface area contributed by atoms with Crippen LogP contribution in [-0.4, -0.2) is 205 Å². The van der Waals surface area contributed by atoms with E-state index in [1.54, 1.807) is 0 Å². The normalized spacial score (nSPS) is 15.7. The summed E-state index contributed by atoms with van der Waals surface area (Å²) in [6.07, 6.45) is 7.91. The number of hydrogen-bond donors (Lipinski definition) is 20. The smallest absolute Gasteiger partial charge is 0.269 e. The summed E-state index contributed by atoms with van der Waals surface area (Å²) in [5.41, 5.74) is 45.4. The number of hydrogen-bond acceptors (Lipinski definition) is 20. The Kier molecular flexibility index (Phi) is 37.5. The minimum Gasteiger partial charge on any atom is -0.391 e. The molecule has 87 heavy (non-hydrogen) atoms. The molecule has 28 N–H and O–H groups in total. The standard InChI is InChI=1S/C54H98N22O11/c1-33(77)44(75-49(83)39(19-25-60)70-45(79)35(61)13-2-5-20-55)52(86)67-31-43(78)69-40(16-10-24-59)53(87)76-28-12-18-42(76)51(85)74-41(29-34-30-64-32-68-34)50(84)73-37(15-4-7-22-57)47(81)72-38(17-11-27-66-54(62)63)48(82)71-36(14-3-6-21-56)46(80)65-26-9-8-23-58/h17,30,32-33,35-37,39,41-42,44,77H,2-16,18-29,31,55-61H2,1H3,(H,64,68)(H,65,80)(H,67,86)(H,70,79)(H,71,82)(H,72,81)(H,73,84)(H,74,85)(H,75,83)(H4,62,63,66)/b38-17-,69-40+/t33-,35-,36-,37-,39-,41-,42-,44-/m0/s1. The van der Waals surface area contributed by atoms with E-state index in [1.165, 1.54) is 30.4 Å². The molecule has 2 heterocycles. The molecule has 0 unspecified atom stereocenters. The number of aromatic nitrogens is 2. The molecule has 10 amide bonds. The van der Waals surface area contributed by atoms with Crippen molar-refractivity contribution >= 4 is 70.7 Å². The molecule has 1 aliphatic heterocycles. The van der Waals surface area contributed by atoms with Crippen LogP contribution in [0.15, 0.2) is 29.3 Å². The first-order valence-electron chi connectivity index (χ1n) is 29.9. The van der Waals surface area contributed by atoms with Crippen LogP contribution in [0.4, 0.5) is 0 Å². The highest BCUT2D eigenvalue weighted by Crippen LogP contribution is 2.20. The number of nitrogens with two attached hydrogens (primary N) is 8. The van der Waals surface area contributed by atoms with Gasteiger partial charge in [-0.3, -0.25) is 53.4 Å². The van der Waals surface area contributed by atoms with Crippen molar-refractivity contribution < 1.29 is 53.1 Å². The number of likely N-dealkylation sites (tertiary alicyclic amines) is 1. The lowest BCUT2D eigenvalue weighted by molar-refractivity contribution is -0.136. The number of aliphatic hydroxyl groups is 1. The minimum absolute atomic E-state index is 0.0202. The van der Waals surface area contributed by atoms with Crippen LogP contribution < -0.4 is 93.7 Å². The molecule has 33 nitrogen and oxygen atoms in total. The minimum atomic E-state index is -1.62. The van der Waals surface area contributed by atoms with Crippen LogP contribution in [0.1, 0.15) is 122 Å². The average molecular weight is 1230 g/mol. The quantitative estimate of drug-likeness (QED) is 0.0125. The second-order valence-corrected chi connectivity index (χ2v) is 21.0. The number of carbonyl (C=O) groups is 10. The van der Waals surface area contributed by atoms with Gasteiger partial charge in [0.05, 0.1) is 25.0 Å². The third-order valence-corrected chi connectivity index (χ3v) is 13.8. The maximum Gasteiger partial charge on any atom is 0.269 e. The van der Waals surface area contributed by atoms with E-state index < -0.39 is 114 Å². The number of nitrogens with zero attached hydrogens (tertiary/aromatic N) is 3. The zero-order valence-corrected chi connectivity index (χ0v) is 50.1. The number of aliphatic hydroxyl groups excluding tert-OH is 1. The number of H-pyrrole nitrogens is 1. The summed E-state index contributed by atoms with van der Waals surface area (Å²) in [5.74, 6) is -8.35. The topological polar surface area (TPSA) is 575 Å². The Morgan fingerprint density at radius 2 is 1.29 bits per heavy atom. The van der Waals surface area contributed by atoms with Gasteiger partial charge < -0.3 is 109 Å². The number of carbonyl (C=O) groups excluding carboxylic acids is 10. The average Bonchev–Trinajstić information content (AvgIpc) is 2.98. The summed E-state index contributed by atoms with van der Waals surface area (Å²) < 4.78 is 0. The van der Waals surface area contributed by atoms with Crippen molar-refractivity contribution in [3.8, 4) is 0 Å². The molecule has 0 aromatic carbocycles. The first kappa shape index (κ1) is 75.6. The van der Waals surface area contributed by atoms with E-state index in [2.05, 4.69) is 62.8 Å². The molecule has 0 spiro atoms. The van der Waals surface area contributed by atoms with Crippen LogP contribution in [0.25, 0.3) is 0 Å². The van der Waals surface area contributed by atoms with Crippen LogP contribution in [0.5, 0.6) is 0 Å². The third-order valence-electron chi connectivity index (χ3n) is 13.8. The lowest BCUT2D eigenvalue weighted by atomic mass is 10.1. The SMILES string of the molecule is C[C@H](O)[C@H](NC(=O)[C@H](CCN)NC(=O)[C@@H](N)CCCCN)C(=O)NCC(=O)/N=C(\CCCN)C(=O)N1CCC[C@H]1C(=O)N[C@@H](Cc1cnc[nH]1)C(=O)N[C@@H](CCCCN)C(=O)N/C(=C\CCNC(=N)N)C(=O)N[C@@H](CCCCN)C(=O)NCCCCN. The molecule has 2 rings (SSSR count). The molecule has 0 aliphatic carbocycles. The second-order valence-electron chi connectivity index (χ2n) is 21.0. The second kappa shape index (κ2) is 43.2. The fraction of sp³-hybridized carbons (Fsp3) is 0.685. The summed E-state index contributed by atoms with van der Waals surface area (Å²) >= 11 is 0. The van der Waals surface area contributed by atoms with Crippen molar-refractivity contribution in [2.45, 2.75) is 171 Å². The molecule has 0 saturated carbocycles. The molecule has 0 bridgehead atoms. The van der Waals surface area contributed by atoms with Crippen LogP contribution in [-0.2, 0) is 54.4 Å². The number of amides is 10. The highest BCUT2D eigenvalue weighted by atomic mass is 16.3. The van der Waals surface area contributed by atoms with Crippen LogP contribution in [0, 0.1) is 5.41 Å². The molecular weight excluding hydrogens is 1130 g/mol. The van der Waals surface area contributed by atoms with Gasteiger partial charge in [-0.2, -0.15) is 0 Å². The molecule has 8 atom stereocenters. The number of aromatic amines is 1. The van der Waals surface area contributed by atoms with E-state index in [0.29, 0.717) is 96.1 Å². The number of rotatable bonds is 44. The van der Waals surface area contributed by atoms with Crippen molar-refractivity contribution in [3.63, 3.8) is 0 Å². The van der Waals surface area contributed by atoms with Crippen molar-refractivity contribution in [1.29, 1.82) is 5.41 Å². The van der Waals surface area contributed by atoms with Crippen LogP contribution in [0.3, 0.4) is 0 Å². The predicted molar refractivity (Wildman–Crippen MR) is 325 cm³/mol. The van der Waals surface area contributed by atoms with Gasteiger partial charge in [-0.1, -0.05) is 12.5 Å². The van der Waals surface area contributed by atoms with Crippen molar-refractivity contribution in [2.75, 3.05) is 65.4 Å². The first-order chi connectivity index (χ1) is 41.7. The predicted octanol–water partition coefficient (Wildman–Crippen LogP) is -6.64. The molecular formula is C54H98N22O11. The Bertz CT molecular complexity index is 2410. The van der Waals surface area contributed by atoms with Gasteiger partial charge in [0.25, 0.3) is 17.7 Å². The number of guanidine groups is 1. The summed E-state index contributed by atoms with van der Waals surface area (Å²) in [6.45, 7) is 2.33. The number of nitrogens with one attached hydrogen (secondary N) is 11. The molecule has 33 heteroatoms. The van der Waals surface area contributed by atoms with E-state index in [1.807, 2.05) is 0 Å². The Morgan fingerprint density at radius 1 is 0.690 bits per heavy atom. The zero-order chi connectivity index (χ0) is 64.7. The van der Waals surface area contributed by atoms with Gasteiger partial charge in [-0.05, 0) is 149 Å². The molecule has 1 aliphatic rings. The molecule has 1 fully saturated rings. The summed E-state index contributed by atoms with van der Waals surface area (Å²) in [7, 11) is 0. The van der Waals surface area contributed by atoms with Gasteiger partial charge in [0, 0.05) is 37.9 Å². The van der Waals surface area contributed by atoms with Gasteiger partial charge in [0.2, 0.25) is 41.4 Å². The lowest BCUT2D eigenvalue weighted by Gasteiger charge is -2.28. The van der Waals surface area contributed by atoms with E-state index >= 15 is 0 Å². The Hall–Kier alpha value is -7.53. The van der Waals surface area contributed by atoms with E-state index in [9.17, 15) is 53.1 Å². The largest absolute Gasteiger partial charge is 0.391 e. The first-order valence-corrected chi connectivity index (χ1v) is 29.9. The fourth-order valence-corrected chi connectivity index (χ4v) is 8.98. The van der Waals surface area contributed by atoms with E-state index in [-0.39, 0.29) is 101 Å². The van der Waals surface area contributed by atoms with Gasteiger partial charge in [0.15, 0.2) is 5.96 Å². The van der Waals surface area contributed by atoms with Gasteiger partial charge in [-0.15, -0.1) is 0 Å². The summed E-state index contributed by atoms with van der Waals surface area (Å²) in [5, 5.41) is 41.5. The maximum atomic E-state index is 14.5.